The summed E-state index contributed by atoms with van der Waals surface area (Å²) in [7, 11) is 0. The molecule has 0 radical (unpaired) electrons. The van der Waals surface area contributed by atoms with Crippen molar-refractivity contribution in [2.75, 3.05) is 0 Å². The Bertz CT molecular complexity index is 380. The molecule has 0 saturated heterocycles. The van der Waals surface area contributed by atoms with E-state index in [2.05, 4.69) is 38.1 Å². The summed E-state index contributed by atoms with van der Waals surface area (Å²) in [5.41, 5.74) is 1.80. The van der Waals surface area contributed by atoms with Gasteiger partial charge in [-0.25, -0.2) is 0 Å². The average Bonchev–Trinajstić information content (AvgIpc) is 2.15. The minimum atomic E-state index is -0.259. The van der Waals surface area contributed by atoms with E-state index in [9.17, 15) is 0 Å². The van der Waals surface area contributed by atoms with Crippen LogP contribution in [0.25, 0.3) is 0 Å². The lowest BCUT2D eigenvalue weighted by Gasteiger charge is -2.24. The van der Waals surface area contributed by atoms with Gasteiger partial charge in [0.25, 0.3) is 0 Å². The predicted molar refractivity (Wildman–Crippen MR) is 73.3 cm³/mol. The van der Waals surface area contributed by atoms with Gasteiger partial charge in [-0.2, -0.15) is 0 Å². The van der Waals surface area contributed by atoms with Crippen molar-refractivity contribution in [1.29, 1.82) is 0 Å². The van der Waals surface area contributed by atoms with Gasteiger partial charge < -0.3 is 4.84 Å². The maximum absolute atomic E-state index is 5.56. The van der Waals surface area contributed by atoms with Crippen molar-refractivity contribution in [3.8, 4) is 0 Å². The van der Waals surface area contributed by atoms with Gasteiger partial charge in [0.05, 0.1) is 5.71 Å². The van der Waals surface area contributed by atoms with Crippen molar-refractivity contribution >= 4 is 5.71 Å². The van der Waals surface area contributed by atoms with E-state index in [0.717, 1.165) is 11.3 Å². The van der Waals surface area contributed by atoms with Crippen LogP contribution in [0.5, 0.6) is 0 Å². The summed E-state index contributed by atoms with van der Waals surface area (Å²) in [5.74, 6) is 0. The molecule has 0 fully saturated rings. The van der Waals surface area contributed by atoms with Gasteiger partial charge in [0.1, 0.15) is 5.60 Å². The highest BCUT2D eigenvalue weighted by atomic mass is 16.6. The van der Waals surface area contributed by atoms with Crippen LogP contribution in [-0.2, 0) is 4.84 Å². The largest absolute Gasteiger partial charge is 0.390 e. The number of nitrogens with zero attached hydrogens (tertiary/aromatic N) is 1. The molecule has 0 N–H and O–H groups in total. The van der Waals surface area contributed by atoms with Crippen molar-refractivity contribution in [3.63, 3.8) is 0 Å². The van der Waals surface area contributed by atoms with E-state index >= 15 is 0 Å². The first-order valence-electron chi connectivity index (χ1n) is 6.02. The van der Waals surface area contributed by atoms with E-state index in [-0.39, 0.29) is 11.0 Å². The number of oxime groups is 1. The molecule has 1 aromatic rings. The van der Waals surface area contributed by atoms with E-state index in [0.29, 0.717) is 0 Å². The molecule has 0 unspecified atom stereocenters. The first-order chi connectivity index (χ1) is 7.70. The van der Waals surface area contributed by atoms with Gasteiger partial charge in [-0.3, -0.25) is 0 Å². The van der Waals surface area contributed by atoms with E-state index in [1.54, 1.807) is 0 Å². The third-order valence-electron chi connectivity index (χ3n) is 2.17. The standard InChI is InChI=1S/C15H23NO/c1-14(2,3)13(16-17-15(4,5)6)12-10-8-7-9-11-12/h7-11H,1-6H3/b16-13+. The minimum absolute atomic E-state index is 0.0351. The maximum Gasteiger partial charge on any atom is 0.129 e. The lowest BCUT2D eigenvalue weighted by Crippen LogP contribution is -2.24. The molecule has 0 heterocycles. The van der Waals surface area contributed by atoms with Crippen LogP contribution in [0.1, 0.15) is 47.1 Å². The van der Waals surface area contributed by atoms with Crippen molar-refractivity contribution in [3.05, 3.63) is 35.9 Å². The number of rotatable bonds is 2. The summed E-state index contributed by atoms with van der Waals surface area (Å²) in [5, 5.41) is 4.35. The van der Waals surface area contributed by atoms with E-state index in [1.165, 1.54) is 0 Å². The summed E-state index contributed by atoms with van der Waals surface area (Å²) in [6.45, 7) is 12.4. The zero-order valence-electron chi connectivity index (χ0n) is 11.7. The molecular formula is C15H23NO. The van der Waals surface area contributed by atoms with Crippen LogP contribution in [0.15, 0.2) is 35.5 Å². The quantitative estimate of drug-likeness (QED) is 0.552. The summed E-state index contributed by atoms with van der Waals surface area (Å²) in [4.78, 5) is 5.56. The molecule has 0 aliphatic heterocycles. The Morgan fingerprint density at radius 1 is 0.941 bits per heavy atom. The van der Waals surface area contributed by atoms with Crippen LogP contribution in [0.2, 0.25) is 0 Å². The van der Waals surface area contributed by atoms with Crippen molar-refractivity contribution in [2.45, 2.75) is 47.1 Å². The van der Waals surface area contributed by atoms with Crippen LogP contribution in [0, 0.1) is 5.41 Å². The molecule has 0 amide bonds. The summed E-state index contributed by atoms with van der Waals surface area (Å²) in [6, 6.07) is 10.2. The highest BCUT2D eigenvalue weighted by molar-refractivity contribution is 6.03. The summed E-state index contributed by atoms with van der Waals surface area (Å²) >= 11 is 0. The highest BCUT2D eigenvalue weighted by Gasteiger charge is 2.22. The highest BCUT2D eigenvalue weighted by Crippen LogP contribution is 2.23. The third-order valence-corrected chi connectivity index (χ3v) is 2.17. The number of hydrogen-bond donors (Lipinski definition) is 0. The predicted octanol–water partition coefficient (Wildman–Crippen LogP) is 4.25. The van der Waals surface area contributed by atoms with Gasteiger partial charge in [0, 0.05) is 5.41 Å². The Hall–Kier alpha value is -1.31. The molecule has 0 aliphatic rings. The second kappa shape index (κ2) is 4.91. The van der Waals surface area contributed by atoms with Crippen LogP contribution in [0.4, 0.5) is 0 Å². The van der Waals surface area contributed by atoms with Gasteiger partial charge >= 0.3 is 0 Å². The molecule has 0 spiro atoms. The van der Waals surface area contributed by atoms with Gasteiger partial charge in [0.15, 0.2) is 0 Å². The minimum Gasteiger partial charge on any atom is -0.390 e. The second-order valence-corrected chi connectivity index (χ2v) is 6.26. The Labute approximate surface area is 105 Å². The summed E-state index contributed by atoms with van der Waals surface area (Å²) in [6.07, 6.45) is 0. The van der Waals surface area contributed by atoms with Crippen LogP contribution < -0.4 is 0 Å². The van der Waals surface area contributed by atoms with Crippen molar-refractivity contribution in [2.24, 2.45) is 10.6 Å². The molecule has 1 rings (SSSR count). The smallest absolute Gasteiger partial charge is 0.129 e. The molecule has 0 aliphatic carbocycles. The van der Waals surface area contributed by atoms with Crippen molar-refractivity contribution < 1.29 is 4.84 Å². The lowest BCUT2D eigenvalue weighted by molar-refractivity contribution is -0.000274. The molecule has 0 bridgehead atoms. The molecule has 0 aromatic heterocycles. The Kier molecular flexibility index (Phi) is 3.97. The van der Waals surface area contributed by atoms with Gasteiger partial charge in [-0.05, 0) is 26.3 Å². The monoisotopic (exact) mass is 233 g/mol. The fourth-order valence-corrected chi connectivity index (χ4v) is 1.40. The zero-order chi connectivity index (χ0) is 13.1. The Balaban J connectivity index is 3.07. The topological polar surface area (TPSA) is 21.6 Å². The van der Waals surface area contributed by atoms with Gasteiger partial charge in [0.2, 0.25) is 0 Å². The zero-order valence-corrected chi connectivity index (χ0v) is 11.7. The number of hydrogen-bond acceptors (Lipinski definition) is 2. The molecule has 2 nitrogen and oxygen atoms in total. The molecular weight excluding hydrogens is 210 g/mol. The molecule has 2 heteroatoms. The molecule has 0 atom stereocenters. The summed E-state index contributed by atoms with van der Waals surface area (Å²) < 4.78 is 0. The second-order valence-electron chi connectivity index (χ2n) is 6.26. The Morgan fingerprint density at radius 2 is 1.47 bits per heavy atom. The van der Waals surface area contributed by atoms with Gasteiger partial charge in [-0.15, -0.1) is 0 Å². The third kappa shape index (κ3) is 4.59. The first kappa shape index (κ1) is 13.8. The normalized spacial score (nSPS) is 13.6. The fraction of sp³-hybridized carbons (Fsp3) is 0.533. The average molecular weight is 233 g/mol. The maximum atomic E-state index is 5.56. The van der Waals surface area contributed by atoms with Crippen LogP contribution in [0.3, 0.4) is 0 Å². The number of benzene rings is 1. The van der Waals surface area contributed by atoms with E-state index in [4.69, 9.17) is 4.84 Å². The fourth-order valence-electron chi connectivity index (χ4n) is 1.40. The van der Waals surface area contributed by atoms with Crippen LogP contribution in [-0.4, -0.2) is 11.3 Å². The molecule has 0 saturated carbocycles. The van der Waals surface area contributed by atoms with Crippen molar-refractivity contribution in [1.82, 2.24) is 0 Å². The van der Waals surface area contributed by atoms with E-state index < -0.39 is 0 Å². The van der Waals surface area contributed by atoms with Gasteiger partial charge in [-0.1, -0.05) is 56.3 Å². The lowest BCUT2D eigenvalue weighted by atomic mass is 9.86. The first-order valence-corrected chi connectivity index (χ1v) is 6.02. The Morgan fingerprint density at radius 3 is 1.88 bits per heavy atom. The van der Waals surface area contributed by atoms with E-state index in [1.807, 2.05) is 39.0 Å². The SMILES string of the molecule is CC(C)(C)O/N=C(\c1ccccc1)C(C)(C)C. The van der Waals surface area contributed by atoms with Crippen LogP contribution >= 0.6 is 0 Å². The molecule has 17 heavy (non-hydrogen) atoms. The molecule has 1 aromatic carbocycles. The molecule has 94 valence electrons.